The topological polar surface area (TPSA) is 114 Å². The highest BCUT2D eigenvalue weighted by atomic mass is 32.2. The summed E-state index contributed by atoms with van der Waals surface area (Å²) in [5.41, 5.74) is 1.74. The summed E-state index contributed by atoms with van der Waals surface area (Å²) >= 11 is 0. The standard InChI is InChI=1S/C22H22N4O4S/c1-15-19(25-22(30-15)16-7-3-2-4-8-16)14-21(27)24-17-9-5-10-18(13-17)31(28,29)26-20-11-6-12-23-20/h2-5,7-10,13H,6,11-12,14H2,1H3,(H,23,26)(H,24,27). The van der Waals surface area contributed by atoms with Gasteiger partial charge in [-0.15, -0.1) is 0 Å². The first-order valence-corrected chi connectivity index (χ1v) is 11.4. The minimum Gasteiger partial charge on any atom is -0.441 e. The van der Waals surface area contributed by atoms with Crippen LogP contribution in [0.3, 0.4) is 0 Å². The molecule has 1 amide bonds. The van der Waals surface area contributed by atoms with Crippen molar-refractivity contribution in [3.8, 4) is 11.5 Å². The lowest BCUT2D eigenvalue weighted by atomic mass is 10.2. The van der Waals surface area contributed by atoms with Gasteiger partial charge in [0.2, 0.25) is 11.8 Å². The molecule has 1 aromatic heterocycles. The molecule has 0 saturated heterocycles. The zero-order valence-electron chi connectivity index (χ0n) is 17.0. The van der Waals surface area contributed by atoms with E-state index in [1.54, 1.807) is 19.1 Å². The van der Waals surface area contributed by atoms with Crippen LogP contribution in [0.2, 0.25) is 0 Å². The highest BCUT2D eigenvalue weighted by Crippen LogP contribution is 2.22. The molecule has 2 heterocycles. The minimum atomic E-state index is -3.75. The Morgan fingerprint density at radius 3 is 2.68 bits per heavy atom. The summed E-state index contributed by atoms with van der Waals surface area (Å²) in [7, 11) is -3.75. The number of aryl methyl sites for hydroxylation is 1. The van der Waals surface area contributed by atoms with Gasteiger partial charge in [-0.2, -0.15) is 0 Å². The first-order chi connectivity index (χ1) is 14.9. The Morgan fingerprint density at radius 1 is 1.13 bits per heavy atom. The lowest BCUT2D eigenvalue weighted by Gasteiger charge is -2.10. The summed E-state index contributed by atoms with van der Waals surface area (Å²) < 4.78 is 33.3. The second-order valence-electron chi connectivity index (χ2n) is 7.18. The van der Waals surface area contributed by atoms with Crippen LogP contribution >= 0.6 is 0 Å². The van der Waals surface area contributed by atoms with E-state index in [1.165, 1.54) is 12.1 Å². The van der Waals surface area contributed by atoms with Gasteiger partial charge in [0.1, 0.15) is 11.6 Å². The van der Waals surface area contributed by atoms with Gasteiger partial charge in [-0.3, -0.25) is 14.5 Å². The lowest BCUT2D eigenvalue weighted by Crippen LogP contribution is -2.29. The smallest absolute Gasteiger partial charge is 0.262 e. The van der Waals surface area contributed by atoms with Gasteiger partial charge < -0.3 is 9.73 Å². The molecular formula is C22H22N4O4S. The molecule has 2 aromatic carbocycles. The van der Waals surface area contributed by atoms with E-state index in [0.29, 0.717) is 41.8 Å². The Morgan fingerprint density at radius 2 is 1.94 bits per heavy atom. The molecular weight excluding hydrogens is 416 g/mol. The number of aliphatic imine (C=N–C) groups is 1. The fourth-order valence-corrected chi connectivity index (χ4v) is 4.37. The molecule has 0 unspecified atom stereocenters. The SMILES string of the molecule is Cc1oc(-c2ccccc2)nc1CC(=O)Nc1cccc(S(=O)(=O)NC2=NCCC2)c1. The largest absolute Gasteiger partial charge is 0.441 e. The first-order valence-electron chi connectivity index (χ1n) is 9.88. The Bertz CT molecular complexity index is 1230. The molecule has 1 aliphatic rings. The van der Waals surface area contributed by atoms with E-state index in [1.807, 2.05) is 30.3 Å². The van der Waals surface area contributed by atoms with Crippen molar-refractivity contribution in [1.82, 2.24) is 9.71 Å². The zero-order chi connectivity index (χ0) is 21.8. The Balaban J connectivity index is 1.45. The van der Waals surface area contributed by atoms with Crippen LogP contribution in [0, 0.1) is 6.92 Å². The molecule has 0 aliphatic carbocycles. The number of carbonyl (C=O) groups excluding carboxylic acids is 1. The number of hydrogen-bond acceptors (Lipinski definition) is 6. The molecule has 4 rings (SSSR count). The van der Waals surface area contributed by atoms with Gasteiger partial charge in [-0.1, -0.05) is 24.3 Å². The third-order valence-corrected chi connectivity index (χ3v) is 6.17. The molecule has 9 heteroatoms. The lowest BCUT2D eigenvalue weighted by molar-refractivity contribution is -0.115. The van der Waals surface area contributed by atoms with Gasteiger partial charge in [0.05, 0.1) is 17.0 Å². The fourth-order valence-electron chi connectivity index (χ4n) is 3.23. The van der Waals surface area contributed by atoms with Crippen LogP contribution < -0.4 is 10.0 Å². The van der Waals surface area contributed by atoms with E-state index >= 15 is 0 Å². The molecule has 2 N–H and O–H groups in total. The number of amidine groups is 1. The number of anilines is 1. The summed E-state index contributed by atoms with van der Waals surface area (Å²) in [6, 6.07) is 15.5. The molecule has 0 radical (unpaired) electrons. The van der Waals surface area contributed by atoms with E-state index in [0.717, 1.165) is 12.0 Å². The number of carbonyl (C=O) groups is 1. The van der Waals surface area contributed by atoms with Crippen molar-refractivity contribution in [2.24, 2.45) is 4.99 Å². The maximum Gasteiger partial charge on any atom is 0.262 e. The molecule has 3 aromatic rings. The molecule has 0 saturated carbocycles. The monoisotopic (exact) mass is 438 g/mol. The highest BCUT2D eigenvalue weighted by molar-refractivity contribution is 7.90. The molecule has 0 fully saturated rings. The van der Waals surface area contributed by atoms with Crippen molar-refractivity contribution in [2.75, 3.05) is 11.9 Å². The van der Waals surface area contributed by atoms with Gasteiger partial charge in [0, 0.05) is 24.2 Å². The molecule has 160 valence electrons. The predicted octanol–water partition coefficient (Wildman–Crippen LogP) is 3.30. The highest BCUT2D eigenvalue weighted by Gasteiger charge is 2.19. The molecule has 1 aliphatic heterocycles. The summed E-state index contributed by atoms with van der Waals surface area (Å²) in [4.78, 5) is 21.2. The van der Waals surface area contributed by atoms with Crippen molar-refractivity contribution in [3.63, 3.8) is 0 Å². The van der Waals surface area contributed by atoms with Gasteiger partial charge in [0.25, 0.3) is 10.0 Å². The van der Waals surface area contributed by atoms with Crippen LogP contribution in [0.15, 0.2) is 68.9 Å². The Labute approximate surface area is 180 Å². The zero-order valence-corrected chi connectivity index (χ0v) is 17.8. The molecule has 0 spiro atoms. The van der Waals surface area contributed by atoms with Gasteiger partial charge in [-0.05, 0) is 43.7 Å². The maximum atomic E-state index is 12.6. The van der Waals surface area contributed by atoms with Crippen molar-refractivity contribution in [1.29, 1.82) is 0 Å². The Kier molecular flexibility index (Phi) is 5.85. The van der Waals surface area contributed by atoms with Crippen molar-refractivity contribution >= 4 is 27.5 Å². The third kappa shape index (κ3) is 5.00. The minimum absolute atomic E-state index is 0.00814. The van der Waals surface area contributed by atoms with Crippen LogP contribution in [0.1, 0.15) is 24.3 Å². The van der Waals surface area contributed by atoms with E-state index < -0.39 is 10.0 Å². The van der Waals surface area contributed by atoms with Crippen molar-refractivity contribution in [3.05, 3.63) is 66.1 Å². The van der Waals surface area contributed by atoms with Crippen molar-refractivity contribution < 1.29 is 17.6 Å². The quantitative estimate of drug-likeness (QED) is 0.613. The average molecular weight is 439 g/mol. The third-order valence-electron chi connectivity index (χ3n) is 4.80. The van der Waals surface area contributed by atoms with Crippen LogP contribution in [0.4, 0.5) is 5.69 Å². The van der Waals surface area contributed by atoms with Gasteiger partial charge in [-0.25, -0.2) is 13.4 Å². The fraction of sp³-hybridized carbons (Fsp3) is 0.227. The molecule has 8 nitrogen and oxygen atoms in total. The normalized spacial score (nSPS) is 13.6. The predicted molar refractivity (Wildman–Crippen MR) is 117 cm³/mol. The number of nitrogens with one attached hydrogen (secondary N) is 2. The number of oxazole rings is 1. The number of aromatic nitrogens is 1. The molecule has 31 heavy (non-hydrogen) atoms. The van der Waals surface area contributed by atoms with Gasteiger partial charge in [0.15, 0.2) is 0 Å². The van der Waals surface area contributed by atoms with E-state index in [2.05, 4.69) is 20.0 Å². The first kappa shape index (κ1) is 20.8. The number of rotatable bonds is 6. The van der Waals surface area contributed by atoms with E-state index in [-0.39, 0.29) is 17.2 Å². The number of amides is 1. The van der Waals surface area contributed by atoms with Crippen LogP contribution in [0.5, 0.6) is 0 Å². The Hall–Kier alpha value is -3.46. The summed E-state index contributed by atoms with van der Waals surface area (Å²) in [6.07, 6.45) is 1.45. The summed E-state index contributed by atoms with van der Waals surface area (Å²) in [6.45, 7) is 2.38. The second kappa shape index (κ2) is 8.73. The second-order valence-corrected chi connectivity index (χ2v) is 8.86. The number of benzene rings is 2. The number of sulfonamides is 1. The maximum absolute atomic E-state index is 12.6. The van der Waals surface area contributed by atoms with E-state index in [4.69, 9.17) is 4.42 Å². The average Bonchev–Trinajstić information content (AvgIpc) is 3.38. The van der Waals surface area contributed by atoms with Crippen LogP contribution in [-0.4, -0.2) is 31.7 Å². The molecule has 0 bridgehead atoms. The summed E-state index contributed by atoms with van der Waals surface area (Å²) in [5, 5.41) is 2.73. The van der Waals surface area contributed by atoms with Gasteiger partial charge >= 0.3 is 0 Å². The summed E-state index contributed by atoms with van der Waals surface area (Å²) in [5.74, 6) is 1.16. The van der Waals surface area contributed by atoms with E-state index in [9.17, 15) is 13.2 Å². The van der Waals surface area contributed by atoms with Crippen LogP contribution in [0.25, 0.3) is 11.5 Å². The number of hydrogen-bond donors (Lipinski definition) is 2. The van der Waals surface area contributed by atoms with Crippen molar-refractivity contribution in [2.45, 2.75) is 31.1 Å². The molecule has 0 atom stereocenters. The number of nitrogens with zero attached hydrogens (tertiary/aromatic N) is 2. The van der Waals surface area contributed by atoms with Crippen LogP contribution in [-0.2, 0) is 21.2 Å².